The number of alkyl halides is 3. The van der Waals surface area contributed by atoms with Crippen molar-refractivity contribution in [2.24, 2.45) is 5.92 Å². The van der Waals surface area contributed by atoms with Gasteiger partial charge >= 0.3 is 18.5 Å². The van der Waals surface area contributed by atoms with E-state index in [4.69, 9.17) is 14.5 Å². The van der Waals surface area contributed by atoms with Crippen molar-refractivity contribution in [3.05, 3.63) is 78.1 Å². The second-order valence-electron chi connectivity index (χ2n) is 17.0. The lowest BCUT2D eigenvalue weighted by atomic mass is 10.0. The number of nitrogens with one attached hydrogen (secondary N) is 3. The number of aromatic nitrogens is 3. The van der Waals surface area contributed by atoms with Crippen LogP contribution in [0, 0.1) is 11.7 Å². The third-order valence-corrected chi connectivity index (χ3v) is 10.8. The zero-order valence-electron chi connectivity index (χ0n) is 36.3. The van der Waals surface area contributed by atoms with Crippen LogP contribution < -0.4 is 20.3 Å². The molecule has 338 valence electrons. The van der Waals surface area contributed by atoms with Crippen molar-refractivity contribution in [3.63, 3.8) is 0 Å². The van der Waals surface area contributed by atoms with Gasteiger partial charge in [0.15, 0.2) is 0 Å². The number of amides is 4. The predicted molar refractivity (Wildman–Crippen MR) is 225 cm³/mol. The average molecular weight is 881 g/mol. The van der Waals surface area contributed by atoms with Gasteiger partial charge in [0.1, 0.15) is 34.9 Å². The number of imidazole rings is 1. The van der Waals surface area contributed by atoms with Gasteiger partial charge in [-0.3, -0.25) is 9.59 Å². The molecule has 0 spiro atoms. The standard InChI is InChI=1S/C44H52F4N8O7/c1-24(2)37(53-41(59)61-8)40(58)54-17-9-10-34(54)38-50-21-33(51-38)28-13-11-27(12-14-28)30-18-31(45)32(19-35(30)62-44(46,47)48)52-39(57)29-15-16-36(49-20-29)55-22-26(4)56(23-25(55)3)42(60)63-43(5,6)7/h11-16,18-21,24-26,34,37H,9-10,17,22-23H2,1-8H3,(H,50,51)(H,52,57)(H,53,59)/t25-,26+,34+,37+/m1/s1. The lowest BCUT2D eigenvalue weighted by Crippen LogP contribution is -2.59. The number of carbonyl (C=O) groups excluding carboxylic acids is 4. The summed E-state index contributed by atoms with van der Waals surface area (Å²) < 4.78 is 71.4. The van der Waals surface area contributed by atoms with Crippen LogP contribution in [-0.4, -0.2) is 106 Å². The van der Waals surface area contributed by atoms with Gasteiger partial charge in [0, 0.05) is 61.3 Å². The molecule has 19 heteroatoms. The maximum Gasteiger partial charge on any atom is 0.573 e. The summed E-state index contributed by atoms with van der Waals surface area (Å²) in [6.07, 6.45) is -2.00. The molecule has 4 atom stereocenters. The smallest absolute Gasteiger partial charge is 0.453 e. The number of pyridine rings is 1. The van der Waals surface area contributed by atoms with E-state index in [1.807, 2.05) is 32.6 Å². The van der Waals surface area contributed by atoms with E-state index in [0.29, 0.717) is 55.4 Å². The van der Waals surface area contributed by atoms with E-state index in [0.717, 1.165) is 12.1 Å². The number of benzene rings is 2. The van der Waals surface area contributed by atoms with Gasteiger partial charge < -0.3 is 44.5 Å². The molecule has 4 amide bonds. The number of H-pyrrole nitrogens is 1. The second-order valence-corrected chi connectivity index (χ2v) is 17.0. The molecule has 2 aromatic heterocycles. The third-order valence-electron chi connectivity index (χ3n) is 10.8. The Labute approximate surface area is 362 Å². The highest BCUT2D eigenvalue weighted by atomic mass is 19.4. The lowest BCUT2D eigenvalue weighted by molar-refractivity contribution is -0.274. The number of hydrogen-bond acceptors (Lipinski definition) is 10. The third kappa shape index (κ3) is 11.0. The van der Waals surface area contributed by atoms with Gasteiger partial charge in [0.05, 0.1) is 30.1 Å². The highest BCUT2D eigenvalue weighted by Crippen LogP contribution is 2.39. The Bertz CT molecular complexity index is 2300. The molecule has 2 aliphatic heterocycles. The summed E-state index contributed by atoms with van der Waals surface area (Å²) in [6.45, 7) is 14.1. The van der Waals surface area contributed by atoms with Crippen molar-refractivity contribution in [1.82, 2.24) is 30.1 Å². The fourth-order valence-corrected chi connectivity index (χ4v) is 7.66. The molecule has 2 fully saturated rings. The maximum absolute atomic E-state index is 15.7. The van der Waals surface area contributed by atoms with E-state index in [1.54, 1.807) is 55.0 Å². The highest BCUT2D eigenvalue weighted by Gasteiger charge is 2.38. The molecule has 0 saturated carbocycles. The van der Waals surface area contributed by atoms with Gasteiger partial charge in [-0.2, -0.15) is 0 Å². The van der Waals surface area contributed by atoms with Crippen LogP contribution in [0.15, 0.2) is 60.9 Å². The highest BCUT2D eigenvalue weighted by molar-refractivity contribution is 6.04. The average Bonchev–Trinajstić information content (AvgIpc) is 3.91. The van der Waals surface area contributed by atoms with Gasteiger partial charge in [-0.1, -0.05) is 38.1 Å². The number of nitrogens with zero attached hydrogens (tertiary/aromatic N) is 5. The van der Waals surface area contributed by atoms with E-state index in [2.05, 4.69) is 25.3 Å². The van der Waals surface area contributed by atoms with Crippen LogP contribution in [-0.2, 0) is 14.3 Å². The van der Waals surface area contributed by atoms with Crippen LogP contribution in [0.2, 0.25) is 0 Å². The van der Waals surface area contributed by atoms with Crippen molar-refractivity contribution in [2.45, 2.75) is 97.4 Å². The van der Waals surface area contributed by atoms with Gasteiger partial charge in [-0.05, 0) is 77.1 Å². The molecule has 0 unspecified atom stereocenters. The Hall–Kier alpha value is -6.40. The lowest BCUT2D eigenvalue weighted by Gasteiger charge is -2.44. The summed E-state index contributed by atoms with van der Waals surface area (Å²) in [5.41, 5.74) is -0.135. The Morgan fingerprint density at radius 2 is 1.63 bits per heavy atom. The number of alkyl carbamates (subject to hydrolysis) is 1. The Balaban J connectivity index is 1.16. The number of rotatable bonds is 10. The summed E-state index contributed by atoms with van der Waals surface area (Å²) in [7, 11) is 1.22. The SMILES string of the molecule is COC(=O)N[C@H](C(=O)N1CCC[C@H]1c1nc(-c2ccc(-c3cc(F)c(NC(=O)c4ccc(N5C[C@H](C)N(C(=O)OC(C)(C)C)C[C@H]5C)nc4)cc3OC(F)(F)F)cc2)c[nH]1)C(C)C. The molecule has 4 heterocycles. The summed E-state index contributed by atoms with van der Waals surface area (Å²) in [5.74, 6) is -2.01. The molecule has 2 aromatic carbocycles. The number of ether oxygens (including phenoxy) is 3. The van der Waals surface area contributed by atoms with Crippen molar-refractivity contribution >= 4 is 35.5 Å². The van der Waals surface area contributed by atoms with E-state index in [1.165, 1.54) is 31.5 Å². The molecule has 63 heavy (non-hydrogen) atoms. The number of aromatic amines is 1. The Kier molecular flexibility index (Phi) is 13.6. The summed E-state index contributed by atoms with van der Waals surface area (Å²) in [4.78, 5) is 69.1. The zero-order chi connectivity index (χ0) is 46.0. The molecule has 15 nitrogen and oxygen atoms in total. The number of methoxy groups -OCH3 is 1. The minimum absolute atomic E-state index is 0.0216. The largest absolute Gasteiger partial charge is 0.573 e. The minimum atomic E-state index is -5.15. The van der Waals surface area contributed by atoms with Crippen molar-refractivity contribution in [2.75, 3.05) is 37.0 Å². The van der Waals surface area contributed by atoms with Crippen molar-refractivity contribution in [1.29, 1.82) is 0 Å². The zero-order valence-corrected chi connectivity index (χ0v) is 36.3. The number of carbonyl (C=O) groups is 4. The fourth-order valence-electron chi connectivity index (χ4n) is 7.66. The summed E-state index contributed by atoms with van der Waals surface area (Å²) in [6, 6.07) is 9.33. The van der Waals surface area contributed by atoms with E-state index < -0.39 is 59.4 Å². The van der Waals surface area contributed by atoms with Gasteiger partial charge in [0.2, 0.25) is 5.91 Å². The molecule has 0 bridgehead atoms. The van der Waals surface area contributed by atoms with Gasteiger partial charge in [0.25, 0.3) is 5.91 Å². The topological polar surface area (TPSA) is 171 Å². The van der Waals surface area contributed by atoms with Crippen LogP contribution in [0.1, 0.15) is 83.5 Å². The van der Waals surface area contributed by atoms with Crippen molar-refractivity contribution in [3.8, 4) is 28.1 Å². The number of piperazine rings is 1. The first-order chi connectivity index (χ1) is 29.6. The number of likely N-dealkylation sites (tertiary alicyclic amines) is 1. The minimum Gasteiger partial charge on any atom is -0.453 e. The monoisotopic (exact) mass is 880 g/mol. The first-order valence-corrected chi connectivity index (χ1v) is 20.6. The summed E-state index contributed by atoms with van der Waals surface area (Å²) >= 11 is 0. The molecule has 2 aliphatic rings. The predicted octanol–water partition coefficient (Wildman–Crippen LogP) is 8.31. The second kappa shape index (κ2) is 18.5. The van der Waals surface area contributed by atoms with Crippen LogP contribution in [0.25, 0.3) is 22.4 Å². The molecule has 4 aromatic rings. The van der Waals surface area contributed by atoms with E-state index in [9.17, 15) is 32.3 Å². The van der Waals surface area contributed by atoms with Crippen LogP contribution in [0.3, 0.4) is 0 Å². The van der Waals surface area contributed by atoms with Gasteiger partial charge in [-0.25, -0.2) is 23.9 Å². The number of anilines is 2. The van der Waals surface area contributed by atoms with Crippen LogP contribution in [0.5, 0.6) is 5.75 Å². The number of hydrogen-bond donors (Lipinski definition) is 3. The van der Waals surface area contributed by atoms with E-state index in [-0.39, 0.29) is 40.6 Å². The van der Waals surface area contributed by atoms with Crippen LogP contribution in [0.4, 0.5) is 38.7 Å². The van der Waals surface area contributed by atoms with E-state index >= 15 is 4.39 Å². The van der Waals surface area contributed by atoms with Gasteiger partial charge in [-0.15, -0.1) is 13.2 Å². The first kappa shape index (κ1) is 46.1. The molecular formula is C44H52F4N8O7. The quantitative estimate of drug-likeness (QED) is 0.132. The first-order valence-electron chi connectivity index (χ1n) is 20.6. The summed E-state index contributed by atoms with van der Waals surface area (Å²) in [5, 5.41) is 4.95. The normalized spacial score (nSPS) is 18.6. The Morgan fingerprint density at radius 1 is 0.937 bits per heavy atom. The molecule has 6 rings (SSSR count). The molecular weight excluding hydrogens is 829 g/mol. The molecule has 0 aliphatic carbocycles. The molecule has 0 radical (unpaired) electrons. The maximum atomic E-state index is 15.7. The molecule has 3 N–H and O–H groups in total. The van der Waals surface area contributed by atoms with Crippen molar-refractivity contribution < 1.29 is 51.0 Å². The number of halogens is 4. The fraction of sp³-hybridized carbons (Fsp3) is 0.455. The molecule has 2 saturated heterocycles. The van der Waals surface area contributed by atoms with Crippen LogP contribution >= 0.6 is 0 Å². The Morgan fingerprint density at radius 3 is 2.25 bits per heavy atom.